The van der Waals surface area contributed by atoms with Crippen LogP contribution in [-0.4, -0.2) is 59.9 Å². The average molecular weight is 809 g/mol. The van der Waals surface area contributed by atoms with E-state index in [1.807, 2.05) is 60.7 Å². The number of hydrogen-bond acceptors (Lipinski definition) is 10. The third-order valence-electron chi connectivity index (χ3n) is 14.8. The van der Waals surface area contributed by atoms with Gasteiger partial charge in [0.05, 0.1) is 24.7 Å². The molecule has 0 aliphatic heterocycles. The number of aliphatic hydroxyl groups is 2. The first-order chi connectivity index (χ1) is 27.2. The van der Waals surface area contributed by atoms with Gasteiger partial charge in [0.25, 0.3) is 0 Å². The van der Waals surface area contributed by atoms with E-state index in [2.05, 4.69) is 20.8 Å². The molecule has 11 heteroatoms. The molecule has 0 saturated heterocycles. The molecule has 0 heterocycles. The minimum Gasteiger partial charge on any atom is -0.461 e. The van der Waals surface area contributed by atoms with Gasteiger partial charge in [0.15, 0.2) is 0 Å². The van der Waals surface area contributed by atoms with E-state index < -0.39 is 38.0 Å². The van der Waals surface area contributed by atoms with Crippen molar-refractivity contribution >= 4 is 25.3 Å². The van der Waals surface area contributed by atoms with E-state index >= 15 is 0 Å². The van der Waals surface area contributed by atoms with Crippen LogP contribution in [0.1, 0.15) is 109 Å². The van der Waals surface area contributed by atoms with Crippen LogP contribution in [0.5, 0.6) is 0 Å². The largest absolute Gasteiger partial charge is 0.461 e. The molecular formula is C46H65O10P. The predicted molar refractivity (Wildman–Crippen MR) is 217 cm³/mol. The highest BCUT2D eigenvalue weighted by Gasteiger charge is 2.62. The van der Waals surface area contributed by atoms with Gasteiger partial charge in [0.2, 0.25) is 14.2 Å². The van der Waals surface area contributed by atoms with Gasteiger partial charge in [-0.1, -0.05) is 81.4 Å². The first kappa shape index (κ1) is 43.5. The minimum absolute atomic E-state index is 0.0349. The fourth-order valence-corrected chi connectivity index (χ4v) is 13.3. The van der Waals surface area contributed by atoms with Crippen LogP contribution in [0.15, 0.2) is 60.7 Å². The molecule has 4 fully saturated rings. The molecule has 0 radical (unpaired) electrons. The van der Waals surface area contributed by atoms with Crippen LogP contribution in [-0.2, 0) is 50.9 Å². The summed E-state index contributed by atoms with van der Waals surface area (Å²) in [5, 5.41) is 22.0. The fourth-order valence-electron chi connectivity index (χ4n) is 11.7. The molecule has 6 unspecified atom stereocenters. The lowest BCUT2D eigenvalue weighted by molar-refractivity contribution is -0.174. The van der Waals surface area contributed by atoms with Crippen LogP contribution in [0, 0.1) is 52.3 Å². The monoisotopic (exact) mass is 808 g/mol. The molecule has 0 aromatic heterocycles. The predicted octanol–water partition coefficient (Wildman–Crippen LogP) is 8.70. The molecule has 57 heavy (non-hydrogen) atoms. The number of carbonyl (C=O) groups is 3. The van der Waals surface area contributed by atoms with Gasteiger partial charge in [0.1, 0.15) is 6.61 Å². The van der Waals surface area contributed by atoms with Crippen LogP contribution < -0.4 is 0 Å². The summed E-state index contributed by atoms with van der Waals surface area (Å²) < 4.78 is 35.4. The van der Waals surface area contributed by atoms with E-state index in [-0.39, 0.29) is 61.7 Å². The molecule has 2 aromatic rings. The molecule has 4 saturated carbocycles. The zero-order chi connectivity index (χ0) is 40.8. The number of rotatable bonds is 17. The van der Waals surface area contributed by atoms with Gasteiger partial charge in [-0.05, 0) is 122 Å². The van der Waals surface area contributed by atoms with Crippen molar-refractivity contribution in [3.8, 4) is 0 Å². The van der Waals surface area contributed by atoms with E-state index in [0.717, 1.165) is 62.5 Å². The Balaban J connectivity index is 0.945. The Morgan fingerprint density at radius 2 is 1.37 bits per heavy atom. The van der Waals surface area contributed by atoms with Crippen LogP contribution in [0.25, 0.3) is 0 Å². The van der Waals surface area contributed by atoms with Crippen molar-refractivity contribution in [1.29, 1.82) is 0 Å². The number of hydrogen-bond donors (Lipinski definition) is 2. The third-order valence-corrected chi connectivity index (χ3v) is 16.6. The van der Waals surface area contributed by atoms with Gasteiger partial charge in [-0.15, -0.1) is 0 Å². The lowest BCUT2D eigenvalue weighted by Crippen LogP contribution is -2.58. The van der Waals surface area contributed by atoms with Crippen LogP contribution in [0.4, 0.5) is 0 Å². The Bertz CT molecular complexity index is 1700. The van der Waals surface area contributed by atoms with Crippen molar-refractivity contribution in [2.24, 2.45) is 52.3 Å². The highest BCUT2D eigenvalue weighted by molar-refractivity contribution is 7.58. The lowest BCUT2D eigenvalue weighted by atomic mass is 9.43. The van der Waals surface area contributed by atoms with Gasteiger partial charge >= 0.3 is 17.9 Å². The summed E-state index contributed by atoms with van der Waals surface area (Å²) >= 11 is 0. The summed E-state index contributed by atoms with van der Waals surface area (Å²) in [5.74, 6) is -0.108. The zero-order valence-electron chi connectivity index (χ0n) is 34.4. The Labute approximate surface area is 339 Å². The number of fused-ring (bicyclic) bond motifs is 5. The summed E-state index contributed by atoms with van der Waals surface area (Å²) in [7, 11) is -3.26. The van der Waals surface area contributed by atoms with Gasteiger partial charge in [-0.2, -0.15) is 0 Å². The van der Waals surface area contributed by atoms with Gasteiger partial charge in [-0.3, -0.25) is 18.9 Å². The van der Waals surface area contributed by atoms with Crippen molar-refractivity contribution in [3.05, 3.63) is 71.8 Å². The number of benzene rings is 2. The van der Waals surface area contributed by atoms with E-state index in [4.69, 9.17) is 18.7 Å². The maximum Gasteiger partial charge on any atom is 0.309 e. The molecule has 314 valence electrons. The van der Waals surface area contributed by atoms with Crippen molar-refractivity contribution in [2.75, 3.05) is 19.6 Å². The van der Waals surface area contributed by atoms with E-state index in [1.165, 1.54) is 6.66 Å². The topological polar surface area (TPSA) is 146 Å². The molecule has 4 aliphatic rings. The molecule has 0 bridgehead atoms. The van der Waals surface area contributed by atoms with Gasteiger partial charge in [-0.25, -0.2) is 0 Å². The number of esters is 3. The number of aliphatic hydroxyl groups excluding tert-OH is 2. The zero-order valence-corrected chi connectivity index (χ0v) is 35.3. The van der Waals surface area contributed by atoms with E-state index in [0.29, 0.717) is 41.9 Å². The van der Waals surface area contributed by atoms with Crippen molar-refractivity contribution < 1.29 is 47.9 Å². The maximum absolute atomic E-state index is 13.5. The van der Waals surface area contributed by atoms with Crippen molar-refractivity contribution in [1.82, 2.24) is 0 Å². The Morgan fingerprint density at radius 3 is 2.04 bits per heavy atom. The normalized spacial score (nSPS) is 32.7. The Kier molecular flexibility index (Phi) is 14.4. The highest BCUT2D eigenvalue weighted by Crippen LogP contribution is 2.68. The minimum atomic E-state index is -3.26. The molecule has 2 N–H and O–H groups in total. The van der Waals surface area contributed by atoms with Crippen LogP contribution in [0.2, 0.25) is 0 Å². The van der Waals surface area contributed by atoms with Crippen LogP contribution >= 0.6 is 7.37 Å². The average Bonchev–Trinajstić information content (AvgIpc) is 3.55. The molecule has 10 nitrogen and oxygen atoms in total. The first-order valence-corrected chi connectivity index (χ1v) is 23.6. The molecule has 12 atom stereocenters. The SMILES string of the molecule is C[C@H](CCC(=O)OCOC(=O)CCC(CP(C)(=O)OCc1ccccc1)C(=O)OCc1ccccc1)C1CCC2C3C(CC[C@@]21C)[C@@]1(C)CC[C@@H](O)C[C@H]1C[C@@H]3O. The number of ether oxygens (including phenoxy) is 3. The molecular weight excluding hydrogens is 743 g/mol. The molecule has 6 rings (SSSR count). The van der Waals surface area contributed by atoms with E-state index in [9.17, 15) is 29.2 Å². The van der Waals surface area contributed by atoms with Crippen molar-refractivity contribution in [3.63, 3.8) is 0 Å². The molecule has 0 spiro atoms. The smallest absolute Gasteiger partial charge is 0.309 e. The summed E-state index contributed by atoms with van der Waals surface area (Å²) in [6.07, 6.45) is 8.09. The summed E-state index contributed by atoms with van der Waals surface area (Å²) in [5.41, 5.74) is 1.97. The standard InChI is InChI=1S/C46H65O10P/c1-31(37-17-18-38-43-39(22-24-46(37,38)3)45(2)23-21-36(47)25-35(45)26-40(43)48)15-19-41(49)54-30-55-42(50)20-16-34(44(51)53-27-32-11-7-5-8-12-32)29-57(4,52)56-28-33-13-9-6-10-14-33/h5-14,31,34-40,43,47-48H,15-30H2,1-4H3/t31-,34?,35+,36-,37?,38?,39?,40+,43?,45+,46-,57?/m1/s1. The van der Waals surface area contributed by atoms with Gasteiger partial charge < -0.3 is 28.9 Å². The lowest BCUT2D eigenvalue weighted by Gasteiger charge is -2.62. The first-order valence-electron chi connectivity index (χ1n) is 21.3. The summed E-state index contributed by atoms with van der Waals surface area (Å²) in [4.78, 5) is 38.8. The Hall–Kier alpha value is -3.04. The van der Waals surface area contributed by atoms with E-state index in [1.54, 1.807) is 0 Å². The third kappa shape index (κ3) is 10.6. The molecule has 2 aromatic carbocycles. The maximum atomic E-state index is 13.5. The summed E-state index contributed by atoms with van der Waals surface area (Å²) in [6.45, 7) is 8.25. The quantitative estimate of drug-likeness (QED) is 0.0905. The second-order valence-corrected chi connectivity index (χ2v) is 21.1. The van der Waals surface area contributed by atoms with Gasteiger partial charge in [0, 0.05) is 25.7 Å². The summed E-state index contributed by atoms with van der Waals surface area (Å²) in [6, 6.07) is 18.6. The second kappa shape index (κ2) is 18.9. The second-order valence-electron chi connectivity index (χ2n) is 18.4. The molecule has 4 aliphatic carbocycles. The molecule has 0 amide bonds. The number of carbonyl (C=O) groups excluding carboxylic acids is 3. The van der Waals surface area contributed by atoms with Crippen molar-refractivity contribution in [2.45, 2.75) is 123 Å². The fraction of sp³-hybridized carbons (Fsp3) is 0.674. The highest BCUT2D eigenvalue weighted by atomic mass is 31.2. The van der Waals surface area contributed by atoms with Crippen LogP contribution in [0.3, 0.4) is 0 Å². The Morgan fingerprint density at radius 1 is 0.772 bits per heavy atom.